The molecule has 0 amide bonds. The van der Waals surface area contributed by atoms with Gasteiger partial charge in [-0.25, -0.2) is 9.67 Å². The molecule has 0 aliphatic carbocycles. The molecule has 2 aromatic heterocycles. The number of para-hydroxylation sites is 1. The molecule has 3 nitrogen and oxygen atoms in total. The van der Waals surface area contributed by atoms with Crippen molar-refractivity contribution in [2.45, 2.75) is 12.4 Å². The van der Waals surface area contributed by atoms with Gasteiger partial charge in [0.25, 0.3) is 0 Å². The highest BCUT2D eigenvalue weighted by atomic mass is 32.1. The Hall–Kier alpha value is -2.10. The van der Waals surface area contributed by atoms with Gasteiger partial charge >= 0.3 is 12.4 Å². The van der Waals surface area contributed by atoms with E-state index < -0.39 is 23.7 Å². The van der Waals surface area contributed by atoms with Crippen molar-refractivity contribution in [3.8, 4) is 5.13 Å². The summed E-state index contributed by atoms with van der Waals surface area (Å²) in [5.74, 6) is 0. The third-order valence-electron chi connectivity index (χ3n) is 2.75. The zero-order valence-electron chi connectivity index (χ0n) is 10.4. The number of fused-ring (bicyclic) bond motifs is 1. The molecule has 0 bridgehead atoms. The van der Waals surface area contributed by atoms with Crippen LogP contribution in [0.3, 0.4) is 0 Å². The van der Waals surface area contributed by atoms with E-state index in [1.54, 1.807) is 24.3 Å². The summed E-state index contributed by atoms with van der Waals surface area (Å²) in [5, 5.41) is 2.76. The summed E-state index contributed by atoms with van der Waals surface area (Å²) >= 11 is 0.827. The Labute approximate surface area is 122 Å². The molecule has 22 heavy (non-hydrogen) atoms. The third kappa shape index (κ3) is 2.54. The Morgan fingerprint density at radius 2 is 1.64 bits per heavy atom. The first-order valence-electron chi connectivity index (χ1n) is 5.76. The Kier molecular flexibility index (Phi) is 3.17. The van der Waals surface area contributed by atoms with Crippen molar-refractivity contribution < 1.29 is 26.3 Å². The maximum absolute atomic E-state index is 12.9. The Morgan fingerprint density at radius 3 is 2.23 bits per heavy atom. The molecule has 1 aromatic carbocycles. The smallest absolute Gasteiger partial charge is 0.218 e. The second kappa shape index (κ2) is 4.70. The first-order chi connectivity index (χ1) is 10.2. The molecule has 3 aromatic rings. The fraction of sp³-hybridized carbons (Fsp3) is 0.167. The van der Waals surface area contributed by atoms with Crippen LogP contribution in [0.15, 0.2) is 30.3 Å². The summed E-state index contributed by atoms with van der Waals surface area (Å²) in [6.45, 7) is 0. The lowest BCUT2D eigenvalue weighted by molar-refractivity contribution is -0.143. The molecule has 116 valence electrons. The lowest BCUT2D eigenvalue weighted by Gasteiger charge is -2.06. The van der Waals surface area contributed by atoms with Gasteiger partial charge in [0.1, 0.15) is 0 Å². The van der Waals surface area contributed by atoms with Crippen LogP contribution < -0.4 is 0 Å². The van der Waals surface area contributed by atoms with Gasteiger partial charge in [0.05, 0.1) is 10.2 Å². The highest BCUT2D eigenvalue weighted by Crippen LogP contribution is 2.37. The zero-order chi connectivity index (χ0) is 16.1. The van der Waals surface area contributed by atoms with Crippen LogP contribution >= 0.6 is 11.3 Å². The monoisotopic (exact) mass is 337 g/mol. The number of nitrogens with zero attached hydrogens (tertiary/aromatic N) is 3. The average Bonchev–Trinajstić information content (AvgIpc) is 3.01. The van der Waals surface area contributed by atoms with Crippen molar-refractivity contribution in [1.82, 2.24) is 14.8 Å². The fourth-order valence-electron chi connectivity index (χ4n) is 1.82. The number of halogens is 6. The third-order valence-corrected chi connectivity index (χ3v) is 3.77. The van der Waals surface area contributed by atoms with Crippen LogP contribution in [0.1, 0.15) is 11.4 Å². The fourth-order valence-corrected chi connectivity index (χ4v) is 2.75. The summed E-state index contributed by atoms with van der Waals surface area (Å²) < 4.78 is 77.4. The molecule has 0 atom stereocenters. The Balaban J connectivity index is 2.22. The van der Waals surface area contributed by atoms with E-state index in [4.69, 9.17) is 0 Å². The maximum atomic E-state index is 12.9. The summed E-state index contributed by atoms with van der Waals surface area (Å²) in [7, 11) is 0. The van der Waals surface area contributed by atoms with E-state index in [0.29, 0.717) is 10.2 Å². The number of thiazole rings is 1. The number of hydrogen-bond donors (Lipinski definition) is 0. The summed E-state index contributed by atoms with van der Waals surface area (Å²) in [4.78, 5) is 3.90. The SMILES string of the molecule is FC(F)(F)c1cc(C(F)(F)F)n(-c2nc3ccccc3s2)n1. The van der Waals surface area contributed by atoms with Gasteiger partial charge in [0.15, 0.2) is 11.4 Å². The molecule has 10 heteroatoms. The van der Waals surface area contributed by atoms with E-state index in [9.17, 15) is 26.3 Å². The molecule has 0 N–H and O–H groups in total. The molecular formula is C12H5F6N3S. The van der Waals surface area contributed by atoms with Crippen LogP contribution in [-0.4, -0.2) is 14.8 Å². The minimum absolute atomic E-state index is 0.0218. The quantitative estimate of drug-likeness (QED) is 0.611. The zero-order valence-corrected chi connectivity index (χ0v) is 11.2. The maximum Gasteiger partial charge on any atom is 0.435 e. The van der Waals surface area contributed by atoms with Gasteiger partial charge in [-0.05, 0) is 12.1 Å². The van der Waals surface area contributed by atoms with Crippen LogP contribution in [0.5, 0.6) is 0 Å². The second-order valence-corrected chi connectivity index (χ2v) is 5.30. The normalized spacial score (nSPS) is 13.0. The lowest BCUT2D eigenvalue weighted by Crippen LogP contribution is -2.13. The van der Waals surface area contributed by atoms with Crippen molar-refractivity contribution in [3.63, 3.8) is 0 Å². The van der Waals surface area contributed by atoms with Gasteiger partial charge in [0, 0.05) is 6.07 Å². The highest BCUT2D eigenvalue weighted by molar-refractivity contribution is 7.20. The van der Waals surface area contributed by atoms with Crippen molar-refractivity contribution in [1.29, 1.82) is 0 Å². The van der Waals surface area contributed by atoms with Crippen LogP contribution in [0.25, 0.3) is 15.3 Å². The van der Waals surface area contributed by atoms with Crippen LogP contribution in [0, 0.1) is 0 Å². The molecule has 0 saturated carbocycles. The van der Waals surface area contributed by atoms with Crippen LogP contribution in [0.2, 0.25) is 0 Å². The lowest BCUT2D eigenvalue weighted by atomic mass is 10.3. The molecule has 0 saturated heterocycles. The molecule has 0 radical (unpaired) electrons. The van der Waals surface area contributed by atoms with E-state index in [0.717, 1.165) is 11.3 Å². The van der Waals surface area contributed by atoms with Crippen molar-refractivity contribution in [3.05, 3.63) is 41.7 Å². The van der Waals surface area contributed by atoms with Gasteiger partial charge in [-0.2, -0.15) is 31.4 Å². The summed E-state index contributed by atoms with van der Waals surface area (Å²) in [6, 6.07) is 6.42. The van der Waals surface area contributed by atoms with Crippen molar-refractivity contribution in [2.24, 2.45) is 0 Å². The van der Waals surface area contributed by atoms with E-state index in [1.165, 1.54) is 0 Å². The summed E-state index contributed by atoms with van der Waals surface area (Å²) in [6.07, 6.45) is -9.95. The van der Waals surface area contributed by atoms with Crippen LogP contribution in [0.4, 0.5) is 26.3 Å². The van der Waals surface area contributed by atoms with Crippen molar-refractivity contribution in [2.75, 3.05) is 0 Å². The Morgan fingerprint density at radius 1 is 0.955 bits per heavy atom. The minimum Gasteiger partial charge on any atom is -0.218 e. The molecule has 3 rings (SSSR count). The topological polar surface area (TPSA) is 30.7 Å². The first kappa shape index (κ1) is 14.8. The molecule has 0 spiro atoms. The first-order valence-corrected chi connectivity index (χ1v) is 6.58. The predicted octanol–water partition coefficient (Wildman–Crippen LogP) is 4.52. The predicted molar refractivity (Wildman–Crippen MR) is 66.7 cm³/mol. The molecule has 0 unspecified atom stereocenters. The van der Waals surface area contributed by atoms with E-state index in [2.05, 4.69) is 10.1 Å². The Bertz CT molecular complexity index is 796. The number of alkyl halides is 6. The van der Waals surface area contributed by atoms with E-state index in [1.807, 2.05) is 0 Å². The number of hydrogen-bond acceptors (Lipinski definition) is 3. The van der Waals surface area contributed by atoms with Gasteiger partial charge < -0.3 is 0 Å². The van der Waals surface area contributed by atoms with E-state index in [-0.39, 0.29) is 15.9 Å². The van der Waals surface area contributed by atoms with Crippen LogP contribution in [-0.2, 0) is 12.4 Å². The van der Waals surface area contributed by atoms with Gasteiger partial charge in [-0.15, -0.1) is 0 Å². The molecule has 0 aliphatic heterocycles. The van der Waals surface area contributed by atoms with Crippen molar-refractivity contribution >= 4 is 21.6 Å². The molecular weight excluding hydrogens is 332 g/mol. The number of aromatic nitrogens is 3. The standard InChI is InChI=1S/C12H5F6N3S/c13-11(14,15)8-5-9(12(16,17)18)21(20-8)10-19-6-3-1-2-4-7(6)22-10/h1-5H. The number of rotatable bonds is 1. The number of benzene rings is 1. The molecule has 0 aliphatic rings. The van der Waals surface area contributed by atoms with Gasteiger partial charge in [-0.1, -0.05) is 23.5 Å². The highest BCUT2D eigenvalue weighted by Gasteiger charge is 2.42. The largest absolute Gasteiger partial charge is 0.435 e. The summed E-state index contributed by atoms with van der Waals surface area (Å²) in [5.41, 5.74) is -2.74. The van der Waals surface area contributed by atoms with E-state index >= 15 is 0 Å². The van der Waals surface area contributed by atoms with Gasteiger partial charge in [0.2, 0.25) is 5.13 Å². The van der Waals surface area contributed by atoms with Gasteiger partial charge in [-0.3, -0.25) is 0 Å². The minimum atomic E-state index is -4.98. The average molecular weight is 337 g/mol. The molecule has 0 fully saturated rings. The second-order valence-electron chi connectivity index (χ2n) is 4.29. The molecule has 2 heterocycles.